The fraction of sp³-hybridized carbons (Fsp3) is 0. The summed E-state index contributed by atoms with van der Waals surface area (Å²) in [5, 5.41) is 10.9. The van der Waals surface area contributed by atoms with Crippen LogP contribution in [0.1, 0.15) is 0 Å². The number of aromatic amines is 1. The summed E-state index contributed by atoms with van der Waals surface area (Å²) in [5.74, 6) is 0.675. The van der Waals surface area contributed by atoms with Crippen LogP contribution in [-0.2, 0) is 10.0 Å². The normalized spacial score (nSPS) is 11.4. The number of hydrogen-bond acceptors (Lipinski definition) is 5. The lowest BCUT2D eigenvalue weighted by Gasteiger charge is -2.08. The van der Waals surface area contributed by atoms with Crippen molar-refractivity contribution in [1.29, 1.82) is 0 Å². The zero-order chi connectivity index (χ0) is 19.7. The lowest BCUT2D eigenvalue weighted by molar-refractivity contribution is -0.385. The Morgan fingerprint density at radius 3 is 2.50 bits per heavy atom. The van der Waals surface area contributed by atoms with Gasteiger partial charge < -0.3 is 4.98 Å². The summed E-state index contributed by atoms with van der Waals surface area (Å²) >= 11 is 0. The molecule has 0 aliphatic rings. The first-order valence-electron chi connectivity index (χ1n) is 8.25. The summed E-state index contributed by atoms with van der Waals surface area (Å²) in [5.41, 5.74) is 2.30. The lowest BCUT2D eigenvalue weighted by atomic mass is 10.2. The molecule has 9 heteroatoms. The third kappa shape index (κ3) is 3.42. The molecule has 0 bridgehead atoms. The molecule has 0 saturated carbocycles. The number of anilines is 1. The third-order valence-electron chi connectivity index (χ3n) is 4.12. The van der Waals surface area contributed by atoms with Crippen molar-refractivity contribution in [3.63, 3.8) is 0 Å². The topological polar surface area (TPSA) is 118 Å². The van der Waals surface area contributed by atoms with Crippen LogP contribution in [-0.4, -0.2) is 23.3 Å². The van der Waals surface area contributed by atoms with Gasteiger partial charge in [0.2, 0.25) is 0 Å². The monoisotopic (exact) mass is 394 g/mol. The SMILES string of the molecule is O=[N+]([O-])c1cccc(S(=O)(=O)Nc2ccc3nc(-c4ccccc4)[nH]c3c2)c1. The minimum Gasteiger partial charge on any atom is -0.338 e. The van der Waals surface area contributed by atoms with E-state index in [4.69, 9.17) is 0 Å². The van der Waals surface area contributed by atoms with E-state index in [-0.39, 0.29) is 10.6 Å². The summed E-state index contributed by atoms with van der Waals surface area (Å²) in [6.07, 6.45) is 0. The van der Waals surface area contributed by atoms with E-state index < -0.39 is 14.9 Å². The maximum Gasteiger partial charge on any atom is 0.270 e. The Morgan fingerprint density at radius 2 is 1.75 bits per heavy atom. The Labute approximate surface area is 160 Å². The van der Waals surface area contributed by atoms with Gasteiger partial charge in [-0.25, -0.2) is 13.4 Å². The highest BCUT2D eigenvalue weighted by atomic mass is 32.2. The molecule has 0 amide bonds. The first-order chi connectivity index (χ1) is 13.4. The van der Waals surface area contributed by atoms with Crippen molar-refractivity contribution in [3.05, 3.63) is 82.9 Å². The van der Waals surface area contributed by atoms with Gasteiger partial charge in [-0.2, -0.15) is 0 Å². The molecule has 28 heavy (non-hydrogen) atoms. The van der Waals surface area contributed by atoms with E-state index >= 15 is 0 Å². The second kappa shape index (κ2) is 6.78. The Hall–Kier alpha value is -3.72. The number of nitro benzene ring substituents is 1. The average molecular weight is 394 g/mol. The fourth-order valence-electron chi connectivity index (χ4n) is 2.78. The number of fused-ring (bicyclic) bond motifs is 1. The average Bonchev–Trinajstić information content (AvgIpc) is 3.12. The molecule has 8 nitrogen and oxygen atoms in total. The predicted octanol–water partition coefficient (Wildman–Crippen LogP) is 3.94. The van der Waals surface area contributed by atoms with Crippen molar-refractivity contribution in [2.75, 3.05) is 4.72 Å². The van der Waals surface area contributed by atoms with Crippen LogP contribution < -0.4 is 4.72 Å². The van der Waals surface area contributed by atoms with E-state index in [9.17, 15) is 18.5 Å². The van der Waals surface area contributed by atoms with Crippen molar-refractivity contribution in [2.45, 2.75) is 4.90 Å². The quantitative estimate of drug-likeness (QED) is 0.393. The first kappa shape index (κ1) is 17.7. The van der Waals surface area contributed by atoms with Crippen molar-refractivity contribution in [2.24, 2.45) is 0 Å². The number of rotatable bonds is 5. The molecule has 0 fully saturated rings. The zero-order valence-electron chi connectivity index (χ0n) is 14.4. The van der Waals surface area contributed by atoms with Gasteiger partial charge in [0.1, 0.15) is 5.82 Å². The van der Waals surface area contributed by atoms with Gasteiger partial charge >= 0.3 is 0 Å². The largest absolute Gasteiger partial charge is 0.338 e. The number of nitrogens with zero attached hydrogens (tertiary/aromatic N) is 2. The molecule has 0 radical (unpaired) electrons. The minimum absolute atomic E-state index is 0.184. The first-order valence-corrected chi connectivity index (χ1v) is 9.73. The highest BCUT2D eigenvalue weighted by Crippen LogP contribution is 2.25. The molecule has 3 aromatic carbocycles. The van der Waals surface area contributed by atoms with Gasteiger partial charge in [0.05, 0.1) is 26.5 Å². The predicted molar refractivity (Wildman–Crippen MR) is 105 cm³/mol. The number of hydrogen-bond donors (Lipinski definition) is 2. The number of aromatic nitrogens is 2. The van der Waals surface area contributed by atoms with Crippen LogP contribution in [0.5, 0.6) is 0 Å². The smallest absolute Gasteiger partial charge is 0.270 e. The number of H-pyrrole nitrogens is 1. The van der Waals surface area contributed by atoms with E-state index in [1.807, 2.05) is 30.3 Å². The van der Waals surface area contributed by atoms with Crippen molar-refractivity contribution >= 4 is 32.4 Å². The number of sulfonamides is 1. The Kier molecular flexibility index (Phi) is 4.28. The summed E-state index contributed by atoms with van der Waals surface area (Å²) in [6.45, 7) is 0. The number of nitrogens with one attached hydrogen (secondary N) is 2. The van der Waals surface area contributed by atoms with Crippen LogP contribution >= 0.6 is 0 Å². The minimum atomic E-state index is -3.97. The molecule has 4 rings (SSSR count). The molecule has 0 unspecified atom stereocenters. The molecule has 0 atom stereocenters. The molecule has 4 aromatic rings. The third-order valence-corrected chi connectivity index (χ3v) is 5.50. The summed E-state index contributed by atoms with van der Waals surface area (Å²) in [6, 6.07) is 19.4. The van der Waals surface area contributed by atoms with E-state index in [2.05, 4.69) is 14.7 Å². The highest BCUT2D eigenvalue weighted by molar-refractivity contribution is 7.92. The Bertz CT molecular complexity index is 1280. The summed E-state index contributed by atoms with van der Waals surface area (Å²) in [7, 11) is -3.97. The molecule has 0 saturated heterocycles. The van der Waals surface area contributed by atoms with E-state index in [0.29, 0.717) is 22.5 Å². The summed E-state index contributed by atoms with van der Waals surface area (Å²) < 4.78 is 27.6. The molecular formula is C19H14N4O4S. The maximum absolute atomic E-state index is 12.6. The molecule has 2 N–H and O–H groups in total. The summed E-state index contributed by atoms with van der Waals surface area (Å²) in [4.78, 5) is 17.7. The van der Waals surface area contributed by atoms with Gasteiger partial charge in [-0.1, -0.05) is 36.4 Å². The molecule has 0 spiro atoms. The van der Waals surface area contributed by atoms with Gasteiger partial charge in [0.15, 0.2) is 0 Å². The number of non-ortho nitro benzene ring substituents is 1. The van der Waals surface area contributed by atoms with Crippen LogP contribution in [0.2, 0.25) is 0 Å². The van der Waals surface area contributed by atoms with E-state index in [0.717, 1.165) is 11.6 Å². The van der Waals surface area contributed by atoms with E-state index in [1.54, 1.807) is 18.2 Å². The van der Waals surface area contributed by atoms with Crippen molar-refractivity contribution < 1.29 is 13.3 Å². The van der Waals surface area contributed by atoms with Gasteiger partial charge in [-0.3, -0.25) is 14.8 Å². The van der Waals surface area contributed by atoms with Crippen LogP contribution in [0.4, 0.5) is 11.4 Å². The molecule has 0 aliphatic carbocycles. The van der Waals surface area contributed by atoms with Crippen LogP contribution in [0.3, 0.4) is 0 Å². The fourth-order valence-corrected chi connectivity index (χ4v) is 3.87. The standard InChI is InChI=1S/C19H14N4O4S/c24-23(25)15-7-4-8-16(12-15)28(26,27)22-14-9-10-17-18(11-14)21-19(20-17)13-5-2-1-3-6-13/h1-12,22H,(H,20,21). The van der Waals surface area contributed by atoms with Crippen LogP contribution in [0, 0.1) is 10.1 Å². The van der Waals surface area contributed by atoms with Crippen LogP contribution in [0.15, 0.2) is 77.7 Å². The van der Waals surface area contributed by atoms with E-state index in [1.165, 1.54) is 18.2 Å². The van der Waals surface area contributed by atoms with Gasteiger partial charge in [0.25, 0.3) is 15.7 Å². The Morgan fingerprint density at radius 1 is 0.964 bits per heavy atom. The van der Waals surface area contributed by atoms with Crippen molar-refractivity contribution in [3.8, 4) is 11.4 Å². The maximum atomic E-state index is 12.6. The molecule has 1 heterocycles. The van der Waals surface area contributed by atoms with Crippen molar-refractivity contribution in [1.82, 2.24) is 9.97 Å². The lowest BCUT2D eigenvalue weighted by Crippen LogP contribution is -2.13. The zero-order valence-corrected chi connectivity index (χ0v) is 15.2. The molecular weight excluding hydrogens is 380 g/mol. The molecule has 140 valence electrons. The number of benzene rings is 3. The van der Waals surface area contributed by atoms with Gasteiger partial charge in [-0.15, -0.1) is 0 Å². The number of nitro groups is 1. The highest BCUT2D eigenvalue weighted by Gasteiger charge is 2.18. The molecule has 1 aromatic heterocycles. The molecule has 0 aliphatic heterocycles. The number of imidazole rings is 1. The van der Waals surface area contributed by atoms with Crippen LogP contribution in [0.25, 0.3) is 22.4 Å². The Balaban J connectivity index is 1.66. The second-order valence-corrected chi connectivity index (χ2v) is 7.73. The van der Waals surface area contributed by atoms with Gasteiger partial charge in [-0.05, 0) is 24.3 Å². The second-order valence-electron chi connectivity index (χ2n) is 6.04. The van der Waals surface area contributed by atoms with Gasteiger partial charge in [0, 0.05) is 17.7 Å².